The molecule has 0 aliphatic heterocycles. The van der Waals surface area contributed by atoms with Crippen LogP contribution in [0.4, 0.5) is 11.4 Å². The van der Waals surface area contributed by atoms with Crippen molar-refractivity contribution in [2.24, 2.45) is 0 Å². The predicted octanol–water partition coefficient (Wildman–Crippen LogP) is 4.64. The maximum Gasteiger partial charge on any atom is 0.356 e. The van der Waals surface area contributed by atoms with Crippen LogP contribution in [-0.4, -0.2) is 35.6 Å². The second-order valence-corrected chi connectivity index (χ2v) is 8.08. The average molecular weight is 473 g/mol. The van der Waals surface area contributed by atoms with Crippen LogP contribution in [0.25, 0.3) is 11.0 Å². The van der Waals surface area contributed by atoms with Gasteiger partial charge in [-0.25, -0.2) is 9.78 Å². The highest BCUT2D eigenvalue weighted by Gasteiger charge is 2.25. The molecule has 4 rings (SSSR count). The van der Waals surface area contributed by atoms with Gasteiger partial charge in [-0.1, -0.05) is 42.5 Å². The van der Waals surface area contributed by atoms with E-state index in [-0.39, 0.29) is 11.6 Å². The summed E-state index contributed by atoms with van der Waals surface area (Å²) in [7, 11) is 2.95. The SMILES string of the molecule is COC(=O)c1c(NC(C)=O)c2cc(NCc3ccccc3)cnc2n1CCc1ccc(OC)cc1. The lowest BCUT2D eigenvalue weighted by Crippen LogP contribution is -2.16. The number of carbonyl (C=O) groups is 2. The Bertz CT molecular complexity index is 1330. The van der Waals surface area contributed by atoms with Crippen molar-refractivity contribution in [3.63, 3.8) is 0 Å². The fourth-order valence-corrected chi connectivity index (χ4v) is 3.98. The third-order valence-corrected chi connectivity index (χ3v) is 5.70. The van der Waals surface area contributed by atoms with Crippen molar-refractivity contribution in [3.8, 4) is 5.75 Å². The van der Waals surface area contributed by atoms with Gasteiger partial charge in [0, 0.05) is 25.4 Å². The maximum absolute atomic E-state index is 12.8. The molecule has 0 aliphatic carbocycles. The van der Waals surface area contributed by atoms with Crippen molar-refractivity contribution in [2.75, 3.05) is 24.9 Å². The number of pyridine rings is 1. The Labute approximate surface area is 203 Å². The highest BCUT2D eigenvalue weighted by molar-refractivity contribution is 6.10. The molecule has 0 radical (unpaired) electrons. The van der Waals surface area contributed by atoms with Crippen LogP contribution in [0, 0.1) is 0 Å². The Balaban J connectivity index is 1.72. The summed E-state index contributed by atoms with van der Waals surface area (Å²) in [5.41, 5.74) is 4.22. The Morgan fingerprint density at radius 2 is 1.74 bits per heavy atom. The van der Waals surface area contributed by atoms with E-state index in [4.69, 9.17) is 9.47 Å². The lowest BCUT2D eigenvalue weighted by atomic mass is 10.1. The molecule has 0 spiro atoms. The van der Waals surface area contributed by atoms with Gasteiger partial charge >= 0.3 is 5.97 Å². The number of amides is 1. The summed E-state index contributed by atoms with van der Waals surface area (Å²) in [6.07, 6.45) is 2.38. The molecular formula is C27H28N4O4. The fraction of sp³-hybridized carbons (Fsp3) is 0.222. The van der Waals surface area contributed by atoms with Crippen molar-refractivity contribution < 1.29 is 19.1 Å². The third kappa shape index (κ3) is 5.43. The zero-order valence-corrected chi connectivity index (χ0v) is 20.0. The van der Waals surface area contributed by atoms with Crippen molar-refractivity contribution in [1.29, 1.82) is 0 Å². The van der Waals surface area contributed by atoms with Gasteiger partial charge in [0.2, 0.25) is 5.91 Å². The number of aromatic nitrogens is 2. The molecule has 0 bridgehead atoms. The number of esters is 1. The van der Waals surface area contributed by atoms with Crippen LogP contribution in [0.15, 0.2) is 66.9 Å². The van der Waals surface area contributed by atoms with Crippen LogP contribution in [0.3, 0.4) is 0 Å². The zero-order chi connectivity index (χ0) is 24.8. The van der Waals surface area contributed by atoms with Crippen LogP contribution in [0.1, 0.15) is 28.5 Å². The molecule has 180 valence electrons. The van der Waals surface area contributed by atoms with E-state index in [0.29, 0.717) is 36.2 Å². The monoisotopic (exact) mass is 472 g/mol. The summed E-state index contributed by atoms with van der Waals surface area (Å²) in [5.74, 6) is -0.0483. The minimum absolute atomic E-state index is 0.263. The van der Waals surface area contributed by atoms with Gasteiger partial charge < -0.3 is 24.7 Å². The van der Waals surface area contributed by atoms with Gasteiger partial charge in [-0.15, -0.1) is 0 Å². The first-order valence-electron chi connectivity index (χ1n) is 11.3. The smallest absolute Gasteiger partial charge is 0.356 e. The van der Waals surface area contributed by atoms with E-state index in [2.05, 4.69) is 15.6 Å². The van der Waals surface area contributed by atoms with Gasteiger partial charge in [0.25, 0.3) is 0 Å². The quantitative estimate of drug-likeness (QED) is 0.345. The van der Waals surface area contributed by atoms with Crippen molar-refractivity contribution >= 4 is 34.3 Å². The molecule has 2 heterocycles. The van der Waals surface area contributed by atoms with E-state index < -0.39 is 5.97 Å². The Morgan fingerprint density at radius 3 is 2.40 bits per heavy atom. The number of benzene rings is 2. The summed E-state index contributed by atoms with van der Waals surface area (Å²) in [6, 6.07) is 19.7. The maximum atomic E-state index is 12.8. The first kappa shape index (κ1) is 23.8. The number of nitrogens with zero attached hydrogens (tertiary/aromatic N) is 2. The Hall–Kier alpha value is -4.33. The van der Waals surface area contributed by atoms with Crippen LogP contribution in [0.5, 0.6) is 5.75 Å². The number of ether oxygens (including phenoxy) is 2. The van der Waals surface area contributed by atoms with Gasteiger partial charge in [-0.05, 0) is 35.7 Å². The van der Waals surface area contributed by atoms with E-state index in [1.165, 1.54) is 14.0 Å². The second kappa shape index (κ2) is 10.7. The lowest BCUT2D eigenvalue weighted by molar-refractivity contribution is -0.114. The molecular weight excluding hydrogens is 444 g/mol. The van der Waals surface area contributed by atoms with Crippen LogP contribution in [0.2, 0.25) is 0 Å². The number of aryl methyl sites for hydroxylation is 2. The number of anilines is 2. The summed E-state index contributed by atoms with van der Waals surface area (Å²) < 4.78 is 12.1. The number of fused-ring (bicyclic) bond motifs is 1. The standard InChI is InChI=1S/C27H28N4O4/c1-18(32)30-24-23-15-21(28-16-20-7-5-4-6-8-20)17-29-26(23)31(25(24)27(33)35-3)14-13-19-9-11-22(34-2)12-10-19/h4-12,15,17,28H,13-14,16H2,1-3H3,(H,30,32). The normalized spacial score (nSPS) is 10.7. The molecule has 0 saturated carbocycles. The van der Waals surface area contributed by atoms with Gasteiger partial charge in [-0.2, -0.15) is 0 Å². The first-order chi connectivity index (χ1) is 17.0. The lowest BCUT2D eigenvalue weighted by Gasteiger charge is -2.11. The molecule has 8 nitrogen and oxygen atoms in total. The first-order valence-corrected chi connectivity index (χ1v) is 11.3. The minimum atomic E-state index is -0.541. The fourth-order valence-electron chi connectivity index (χ4n) is 3.98. The van der Waals surface area contributed by atoms with Crippen LogP contribution in [-0.2, 0) is 29.0 Å². The predicted molar refractivity (Wildman–Crippen MR) is 136 cm³/mol. The van der Waals surface area contributed by atoms with Gasteiger partial charge in [0.05, 0.1) is 31.8 Å². The van der Waals surface area contributed by atoms with E-state index in [9.17, 15) is 9.59 Å². The van der Waals surface area contributed by atoms with E-state index in [1.54, 1.807) is 17.9 Å². The molecule has 4 aromatic rings. The molecule has 2 aromatic carbocycles. The summed E-state index contributed by atoms with van der Waals surface area (Å²) >= 11 is 0. The number of rotatable bonds is 9. The molecule has 0 atom stereocenters. The van der Waals surface area contributed by atoms with Gasteiger partial charge in [-0.3, -0.25) is 4.79 Å². The topological polar surface area (TPSA) is 94.5 Å². The number of nitrogens with one attached hydrogen (secondary N) is 2. The molecule has 8 heteroatoms. The average Bonchev–Trinajstić information content (AvgIpc) is 3.18. The number of carbonyl (C=O) groups excluding carboxylic acids is 2. The van der Waals surface area contributed by atoms with Gasteiger partial charge in [0.1, 0.15) is 11.4 Å². The Kier molecular flexibility index (Phi) is 7.30. The number of hydrogen-bond donors (Lipinski definition) is 2. The van der Waals surface area contributed by atoms with Crippen molar-refractivity contribution in [1.82, 2.24) is 9.55 Å². The van der Waals surface area contributed by atoms with Crippen molar-refractivity contribution in [3.05, 3.63) is 83.7 Å². The minimum Gasteiger partial charge on any atom is -0.497 e. The molecule has 0 unspecified atom stereocenters. The highest BCUT2D eigenvalue weighted by atomic mass is 16.5. The van der Waals surface area contributed by atoms with E-state index in [0.717, 1.165) is 22.6 Å². The summed E-state index contributed by atoms with van der Waals surface area (Å²) in [4.78, 5) is 29.5. The molecule has 2 N–H and O–H groups in total. The molecule has 0 saturated heterocycles. The number of methoxy groups -OCH3 is 2. The summed E-state index contributed by atoms with van der Waals surface area (Å²) in [5, 5.41) is 6.84. The van der Waals surface area contributed by atoms with E-state index >= 15 is 0 Å². The molecule has 0 aliphatic rings. The molecule has 35 heavy (non-hydrogen) atoms. The molecule has 0 fully saturated rings. The van der Waals surface area contributed by atoms with Crippen LogP contribution >= 0.6 is 0 Å². The summed E-state index contributed by atoms with van der Waals surface area (Å²) in [6.45, 7) is 2.49. The second-order valence-electron chi connectivity index (χ2n) is 8.08. The third-order valence-electron chi connectivity index (χ3n) is 5.70. The number of hydrogen-bond acceptors (Lipinski definition) is 6. The van der Waals surface area contributed by atoms with Crippen LogP contribution < -0.4 is 15.4 Å². The Morgan fingerprint density at radius 1 is 1.00 bits per heavy atom. The van der Waals surface area contributed by atoms with Gasteiger partial charge in [0.15, 0.2) is 5.69 Å². The zero-order valence-electron chi connectivity index (χ0n) is 20.0. The van der Waals surface area contributed by atoms with E-state index in [1.807, 2.05) is 60.7 Å². The molecule has 2 aromatic heterocycles. The largest absolute Gasteiger partial charge is 0.497 e. The van der Waals surface area contributed by atoms with Crippen molar-refractivity contribution in [2.45, 2.75) is 26.4 Å². The highest BCUT2D eigenvalue weighted by Crippen LogP contribution is 2.33. The molecule has 1 amide bonds.